The van der Waals surface area contributed by atoms with E-state index in [1.54, 1.807) is 4.90 Å². The molecule has 1 aromatic rings. The largest absolute Gasteiger partial charge is 0.308 e. The molecule has 1 aromatic carbocycles. The van der Waals surface area contributed by atoms with Gasteiger partial charge in [-0.25, -0.2) is 0 Å². The highest BCUT2D eigenvalue weighted by Crippen LogP contribution is 2.35. The molecule has 2 rings (SSSR count). The number of fused-ring (bicyclic) bond motifs is 1. The Balaban J connectivity index is 2.43. The maximum atomic E-state index is 11.5. The van der Waals surface area contributed by atoms with Crippen LogP contribution in [-0.4, -0.2) is 12.5 Å². The van der Waals surface area contributed by atoms with E-state index >= 15 is 0 Å². The number of amides is 1. The molecule has 0 radical (unpaired) electrons. The van der Waals surface area contributed by atoms with Gasteiger partial charge in [-0.05, 0) is 17.7 Å². The van der Waals surface area contributed by atoms with Gasteiger partial charge in [0.15, 0.2) is 0 Å². The van der Waals surface area contributed by atoms with E-state index in [9.17, 15) is 4.79 Å². The molecule has 72 valence electrons. The fraction of sp³-hybridized carbons (Fsp3) is 0.250. The van der Waals surface area contributed by atoms with Crippen LogP contribution in [0.1, 0.15) is 18.4 Å². The van der Waals surface area contributed by atoms with Gasteiger partial charge in [0.25, 0.3) is 0 Å². The summed E-state index contributed by atoms with van der Waals surface area (Å²) in [6.45, 7) is 6.41. The van der Waals surface area contributed by atoms with Crippen molar-refractivity contribution in [3.63, 3.8) is 0 Å². The van der Waals surface area contributed by atoms with Crippen LogP contribution in [0.3, 0.4) is 0 Å². The Labute approximate surface area is 83.8 Å². The van der Waals surface area contributed by atoms with Crippen molar-refractivity contribution in [1.29, 1.82) is 0 Å². The average Bonchev–Trinajstić information content (AvgIpc) is 2.56. The molecule has 2 nitrogen and oxygen atoms in total. The molecule has 0 fully saturated rings. The summed E-state index contributed by atoms with van der Waals surface area (Å²) in [5.74, 6) is 0.414. The lowest BCUT2D eigenvalue weighted by atomic mass is 10.0. The van der Waals surface area contributed by atoms with Crippen LogP contribution in [0.5, 0.6) is 0 Å². The van der Waals surface area contributed by atoms with E-state index in [0.29, 0.717) is 5.92 Å². The van der Waals surface area contributed by atoms with Gasteiger partial charge in [0.05, 0.1) is 0 Å². The van der Waals surface area contributed by atoms with Crippen LogP contribution in [0.2, 0.25) is 0 Å². The maximum Gasteiger partial charge on any atom is 0.250 e. The Morgan fingerprint density at radius 2 is 2.29 bits per heavy atom. The van der Waals surface area contributed by atoms with Crippen molar-refractivity contribution >= 4 is 11.6 Å². The van der Waals surface area contributed by atoms with Crippen molar-refractivity contribution in [2.45, 2.75) is 12.8 Å². The summed E-state index contributed by atoms with van der Waals surface area (Å²) in [5, 5.41) is 0. The fourth-order valence-corrected chi connectivity index (χ4v) is 1.94. The Morgan fingerprint density at radius 1 is 1.57 bits per heavy atom. The number of benzene rings is 1. The van der Waals surface area contributed by atoms with Crippen LogP contribution >= 0.6 is 0 Å². The third-order valence-corrected chi connectivity index (χ3v) is 2.66. The zero-order chi connectivity index (χ0) is 10.1. The Morgan fingerprint density at radius 3 is 3.00 bits per heavy atom. The van der Waals surface area contributed by atoms with Crippen LogP contribution in [-0.2, 0) is 4.79 Å². The van der Waals surface area contributed by atoms with Gasteiger partial charge in [-0.2, -0.15) is 0 Å². The van der Waals surface area contributed by atoms with E-state index in [1.165, 1.54) is 11.6 Å². The molecule has 0 saturated carbocycles. The SMILES string of the molecule is C=CC(=O)N1CC(C)c2ccccc21. The van der Waals surface area contributed by atoms with Crippen LogP contribution in [0.15, 0.2) is 36.9 Å². The molecule has 0 spiro atoms. The first-order valence-electron chi connectivity index (χ1n) is 4.77. The maximum absolute atomic E-state index is 11.5. The predicted molar refractivity (Wildman–Crippen MR) is 57.4 cm³/mol. The van der Waals surface area contributed by atoms with Crippen LogP contribution in [0, 0.1) is 0 Å². The van der Waals surface area contributed by atoms with Crippen molar-refractivity contribution in [2.24, 2.45) is 0 Å². The molecule has 14 heavy (non-hydrogen) atoms. The van der Waals surface area contributed by atoms with Crippen LogP contribution < -0.4 is 4.90 Å². The van der Waals surface area contributed by atoms with E-state index in [4.69, 9.17) is 0 Å². The van der Waals surface area contributed by atoms with Gasteiger partial charge >= 0.3 is 0 Å². The molecule has 1 amide bonds. The van der Waals surface area contributed by atoms with Crippen molar-refractivity contribution in [1.82, 2.24) is 0 Å². The number of rotatable bonds is 1. The standard InChI is InChI=1S/C12H13NO/c1-3-12(14)13-8-9(2)10-6-4-5-7-11(10)13/h3-7,9H,1,8H2,2H3. The minimum absolute atomic E-state index is 0.0122. The first-order valence-corrected chi connectivity index (χ1v) is 4.77. The molecule has 2 heteroatoms. The lowest BCUT2D eigenvalue weighted by molar-refractivity contribution is -0.114. The molecular formula is C12H13NO. The number of hydrogen-bond acceptors (Lipinski definition) is 1. The highest BCUT2D eigenvalue weighted by atomic mass is 16.2. The zero-order valence-electron chi connectivity index (χ0n) is 8.23. The number of hydrogen-bond donors (Lipinski definition) is 0. The van der Waals surface area contributed by atoms with Crippen molar-refractivity contribution < 1.29 is 4.79 Å². The van der Waals surface area contributed by atoms with E-state index in [1.807, 2.05) is 18.2 Å². The van der Waals surface area contributed by atoms with Gasteiger partial charge in [0.2, 0.25) is 5.91 Å². The number of para-hydroxylation sites is 1. The number of carbonyl (C=O) groups excluding carboxylic acids is 1. The predicted octanol–water partition coefficient (Wildman–Crippen LogP) is 2.32. The summed E-state index contributed by atoms with van der Waals surface area (Å²) in [5.41, 5.74) is 2.28. The second-order valence-electron chi connectivity index (χ2n) is 3.61. The number of anilines is 1. The van der Waals surface area contributed by atoms with Crippen LogP contribution in [0.25, 0.3) is 0 Å². The lowest BCUT2D eigenvalue weighted by Gasteiger charge is -2.14. The minimum Gasteiger partial charge on any atom is -0.308 e. The normalized spacial score (nSPS) is 19.2. The Kier molecular flexibility index (Phi) is 2.12. The molecule has 0 saturated heterocycles. The third-order valence-electron chi connectivity index (χ3n) is 2.66. The van der Waals surface area contributed by atoms with E-state index < -0.39 is 0 Å². The molecule has 1 aliphatic heterocycles. The van der Waals surface area contributed by atoms with Gasteiger partial charge in [0, 0.05) is 18.2 Å². The Bertz CT molecular complexity index is 384. The first-order chi connectivity index (χ1) is 6.74. The van der Waals surface area contributed by atoms with Gasteiger partial charge in [0.1, 0.15) is 0 Å². The van der Waals surface area contributed by atoms with Gasteiger partial charge in [-0.3, -0.25) is 4.79 Å². The van der Waals surface area contributed by atoms with Gasteiger partial charge in [-0.15, -0.1) is 0 Å². The van der Waals surface area contributed by atoms with Crippen molar-refractivity contribution in [2.75, 3.05) is 11.4 Å². The van der Waals surface area contributed by atoms with Gasteiger partial charge in [-0.1, -0.05) is 31.7 Å². The topological polar surface area (TPSA) is 20.3 Å². The lowest BCUT2D eigenvalue weighted by Crippen LogP contribution is -2.27. The molecular weight excluding hydrogens is 174 g/mol. The van der Waals surface area contributed by atoms with E-state index in [2.05, 4.69) is 19.6 Å². The van der Waals surface area contributed by atoms with E-state index in [-0.39, 0.29) is 5.91 Å². The monoisotopic (exact) mass is 187 g/mol. The molecule has 1 heterocycles. The third kappa shape index (κ3) is 1.23. The molecule has 0 N–H and O–H groups in total. The summed E-state index contributed by atoms with van der Waals surface area (Å²) in [4.78, 5) is 13.3. The molecule has 1 unspecified atom stereocenters. The fourth-order valence-electron chi connectivity index (χ4n) is 1.94. The summed E-state index contributed by atoms with van der Waals surface area (Å²) >= 11 is 0. The summed E-state index contributed by atoms with van der Waals surface area (Å²) in [6.07, 6.45) is 1.37. The summed E-state index contributed by atoms with van der Waals surface area (Å²) < 4.78 is 0. The Hall–Kier alpha value is -1.57. The molecule has 1 atom stereocenters. The second-order valence-corrected chi connectivity index (χ2v) is 3.61. The van der Waals surface area contributed by atoms with Crippen molar-refractivity contribution in [3.05, 3.63) is 42.5 Å². The molecule has 0 aromatic heterocycles. The molecule has 1 aliphatic rings. The highest BCUT2D eigenvalue weighted by Gasteiger charge is 2.27. The second kappa shape index (κ2) is 3.29. The summed E-state index contributed by atoms with van der Waals surface area (Å²) in [6, 6.07) is 8.04. The smallest absolute Gasteiger partial charge is 0.250 e. The molecule has 0 bridgehead atoms. The highest BCUT2D eigenvalue weighted by molar-refractivity contribution is 6.02. The van der Waals surface area contributed by atoms with Crippen LogP contribution in [0.4, 0.5) is 5.69 Å². The van der Waals surface area contributed by atoms with Gasteiger partial charge < -0.3 is 4.90 Å². The minimum atomic E-state index is -0.0122. The zero-order valence-corrected chi connectivity index (χ0v) is 8.23. The van der Waals surface area contributed by atoms with Crippen molar-refractivity contribution in [3.8, 4) is 0 Å². The van der Waals surface area contributed by atoms with E-state index in [0.717, 1.165) is 12.2 Å². The summed E-state index contributed by atoms with van der Waals surface area (Å²) in [7, 11) is 0. The molecule has 0 aliphatic carbocycles. The number of nitrogens with zero attached hydrogens (tertiary/aromatic N) is 1. The quantitative estimate of drug-likeness (QED) is 0.618. The number of carbonyl (C=O) groups is 1. The first kappa shape index (κ1) is 9.00. The average molecular weight is 187 g/mol.